The first-order chi connectivity index (χ1) is 10.1. The standard InChI is InChI=1S/C18H22BrNO/c1-14(2)11-20-12-16-8-9-18(17(19)10-16)21-13-15-6-4-3-5-7-15/h3-10,14,20H,11-13H2,1-2H3. The molecule has 0 heterocycles. The molecule has 3 heteroatoms. The van der Waals surface area contributed by atoms with E-state index < -0.39 is 0 Å². The predicted molar refractivity (Wildman–Crippen MR) is 91.5 cm³/mol. The first kappa shape index (κ1) is 16.1. The van der Waals surface area contributed by atoms with Crippen molar-refractivity contribution in [3.8, 4) is 5.75 Å². The second kappa shape index (κ2) is 8.20. The second-order valence-corrected chi connectivity index (χ2v) is 6.42. The lowest BCUT2D eigenvalue weighted by Gasteiger charge is -2.11. The largest absolute Gasteiger partial charge is 0.488 e. The smallest absolute Gasteiger partial charge is 0.134 e. The fraction of sp³-hybridized carbons (Fsp3) is 0.333. The van der Waals surface area contributed by atoms with Gasteiger partial charge in [0, 0.05) is 6.54 Å². The van der Waals surface area contributed by atoms with E-state index in [-0.39, 0.29) is 0 Å². The Labute approximate surface area is 135 Å². The highest BCUT2D eigenvalue weighted by Gasteiger charge is 2.04. The SMILES string of the molecule is CC(C)CNCc1ccc(OCc2ccccc2)c(Br)c1. The maximum Gasteiger partial charge on any atom is 0.134 e. The van der Waals surface area contributed by atoms with Crippen molar-refractivity contribution in [3.63, 3.8) is 0 Å². The van der Waals surface area contributed by atoms with Crippen LogP contribution in [0.2, 0.25) is 0 Å². The Morgan fingerprint density at radius 1 is 1.05 bits per heavy atom. The second-order valence-electron chi connectivity index (χ2n) is 5.56. The summed E-state index contributed by atoms with van der Waals surface area (Å²) in [6, 6.07) is 16.5. The predicted octanol–water partition coefficient (Wildman–Crippen LogP) is 4.77. The van der Waals surface area contributed by atoms with Gasteiger partial charge in [-0.15, -0.1) is 0 Å². The van der Waals surface area contributed by atoms with Crippen LogP contribution in [-0.4, -0.2) is 6.54 Å². The Morgan fingerprint density at radius 2 is 1.81 bits per heavy atom. The molecule has 0 spiro atoms. The van der Waals surface area contributed by atoms with E-state index in [0.717, 1.165) is 23.3 Å². The van der Waals surface area contributed by atoms with Crippen molar-refractivity contribution >= 4 is 15.9 Å². The Morgan fingerprint density at radius 3 is 2.48 bits per heavy atom. The number of hydrogen-bond acceptors (Lipinski definition) is 2. The number of hydrogen-bond donors (Lipinski definition) is 1. The Hall–Kier alpha value is -1.32. The van der Waals surface area contributed by atoms with Gasteiger partial charge in [0.2, 0.25) is 0 Å². The van der Waals surface area contributed by atoms with E-state index in [1.165, 1.54) is 11.1 Å². The van der Waals surface area contributed by atoms with Gasteiger partial charge < -0.3 is 10.1 Å². The molecular formula is C18H22BrNO. The summed E-state index contributed by atoms with van der Waals surface area (Å²) in [5.41, 5.74) is 2.43. The van der Waals surface area contributed by atoms with Gasteiger partial charge in [-0.05, 0) is 51.7 Å². The fourth-order valence-electron chi connectivity index (χ4n) is 2.01. The van der Waals surface area contributed by atoms with Crippen molar-refractivity contribution in [1.82, 2.24) is 5.32 Å². The molecule has 2 rings (SSSR count). The van der Waals surface area contributed by atoms with Crippen LogP contribution < -0.4 is 10.1 Å². The lowest BCUT2D eigenvalue weighted by molar-refractivity contribution is 0.304. The molecule has 0 aromatic heterocycles. The zero-order chi connectivity index (χ0) is 15.1. The van der Waals surface area contributed by atoms with Gasteiger partial charge in [-0.2, -0.15) is 0 Å². The molecule has 0 atom stereocenters. The van der Waals surface area contributed by atoms with Gasteiger partial charge >= 0.3 is 0 Å². The lowest BCUT2D eigenvalue weighted by atomic mass is 10.2. The molecule has 21 heavy (non-hydrogen) atoms. The number of rotatable bonds is 7. The van der Waals surface area contributed by atoms with Crippen molar-refractivity contribution < 1.29 is 4.74 Å². The Kier molecular flexibility index (Phi) is 6.27. The van der Waals surface area contributed by atoms with Crippen LogP contribution in [0.3, 0.4) is 0 Å². The summed E-state index contributed by atoms with van der Waals surface area (Å²) in [6.07, 6.45) is 0. The van der Waals surface area contributed by atoms with E-state index in [0.29, 0.717) is 12.5 Å². The molecule has 0 unspecified atom stereocenters. The third kappa shape index (κ3) is 5.52. The number of ether oxygens (including phenoxy) is 1. The monoisotopic (exact) mass is 347 g/mol. The minimum Gasteiger partial charge on any atom is -0.488 e. The fourth-order valence-corrected chi connectivity index (χ4v) is 2.55. The van der Waals surface area contributed by atoms with E-state index in [1.54, 1.807) is 0 Å². The zero-order valence-electron chi connectivity index (χ0n) is 12.6. The minimum absolute atomic E-state index is 0.588. The third-order valence-electron chi connectivity index (χ3n) is 3.12. The number of benzene rings is 2. The molecule has 0 aliphatic carbocycles. The normalized spacial score (nSPS) is 10.9. The number of nitrogens with one attached hydrogen (secondary N) is 1. The van der Waals surface area contributed by atoms with E-state index in [9.17, 15) is 0 Å². The molecule has 0 aliphatic rings. The van der Waals surface area contributed by atoms with Gasteiger partial charge in [0.25, 0.3) is 0 Å². The molecule has 2 aromatic rings. The topological polar surface area (TPSA) is 21.3 Å². The molecule has 0 bridgehead atoms. The zero-order valence-corrected chi connectivity index (χ0v) is 14.2. The van der Waals surface area contributed by atoms with Crippen LogP contribution in [0.1, 0.15) is 25.0 Å². The summed E-state index contributed by atoms with van der Waals surface area (Å²) in [6.45, 7) is 6.93. The highest BCUT2D eigenvalue weighted by atomic mass is 79.9. The Balaban J connectivity index is 1.90. The summed E-state index contributed by atoms with van der Waals surface area (Å²) in [7, 11) is 0. The van der Waals surface area contributed by atoms with Crippen molar-refractivity contribution in [2.75, 3.05) is 6.54 Å². The highest BCUT2D eigenvalue weighted by molar-refractivity contribution is 9.10. The van der Waals surface area contributed by atoms with Gasteiger partial charge in [0.05, 0.1) is 4.47 Å². The van der Waals surface area contributed by atoms with Crippen molar-refractivity contribution in [2.24, 2.45) is 5.92 Å². The van der Waals surface area contributed by atoms with Crippen LogP contribution in [-0.2, 0) is 13.2 Å². The summed E-state index contributed by atoms with van der Waals surface area (Å²) >= 11 is 3.59. The minimum atomic E-state index is 0.588. The van der Waals surface area contributed by atoms with Crippen molar-refractivity contribution in [1.29, 1.82) is 0 Å². The Bertz CT molecular complexity index is 554. The first-order valence-corrected chi connectivity index (χ1v) is 8.10. The maximum atomic E-state index is 5.85. The van der Waals surface area contributed by atoms with Gasteiger partial charge in [-0.3, -0.25) is 0 Å². The molecule has 2 aromatic carbocycles. The van der Waals surface area contributed by atoms with Gasteiger partial charge in [0.15, 0.2) is 0 Å². The van der Waals surface area contributed by atoms with E-state index in [2.05, 4.69) is 59.4 Å². The molecule has 0 saturated carbocycles. The van der Waals surface area contributed by atoms with E-state index in [4.69, 9.17) is 4.74 Å². The summed E-state index contributed by atoms with van der Waals surface area (Å²) in [4.78, 5) is 0. The third-order valence-corrected chi connectivity index (χ3v) is 3.73. The van der Waals surface area contributed by atoms with Crippen molar-refractivity contribution in [2.45, 2.75) is 27.0 Å². The lowest BCUT2D eigenvalue weighted by Crippen LogP contribution is -2.18. The summed E-state index contributed by atoms with van der Waals surface area (Å²) in [5.74, 6) is 1.55. The molecule has 112 valence electrons. The first-order valence-electron chi connectivity index (χ1n) is 7.31. The van der Waals surface area contributed by atoms with Crippen LogP contribution in [0.15, 0.2) is 53.0 Å². The number of halogens is 1. The van der Waals surface area contributed by atoms with Crippen LogP contribution >= 0.6 is 15.9 Å². The van der Waals surface area contributed by atoms with Crippen LogP contribution in [0.4, 0.5) is 0 Å². The maximum absolute atomic E-state index is 5.85. The van der Waals surface area contributed by atoms with Gasteiger partial charge in [-0.1, -0.05) is 50.2 Å². The average molecular weight is 348 g/mol. The molecule has 1 N–H and O–H groups in total. The molecule has 0 saturated heterocycles. The van der Waals surface area contributed by atoms with Gasteiger partial charge in [0.1, 0.15) is 12.4 Å². The van der Waals surface area contributed by atoms with Crippen LogP contribution in [0, 0.1) is 5.92 Å². The molecule has 0 fully saturated rings. The average Bonchev–Trinajstić information content (AvgIpc) is 2.47. The van der Waals surface area contributed by atoms with Crippen molar-refractivity contribution in [3.05, 3.63) is 64.1 Å². The summed E-state index contributed by atoms with van der Waals surface area (Å²) in [5, 5.41) is 3.44. The molecule has 0 aliphatic heterocycles. The highest BCUT2D eigenvalue weighted by Crippen LogP contribution is 2.26. The quantitative estimate of drug-likeness (QED) is 0.778. The van der Waals surface area contributed by atoms with Crippen LogP contribution in [0.25, 0.3) is 0 Å². The molecular weight excluding hydrogens is 326 g/mol. The molecule has 2 nitrogen and oxygen atoms in total. The molecule has 0 amide bonds. The van der Waals surface area contributed by atoms with E-state index in [1.807, 2.05) is 24.3 Å². The van der Waals surface area contributed by atoms with E-state index >= 15 is 0 Å². The molecule has 0 radical (unpaired) electrons. The van der Waals surface area contributed by atoms with Gasteiger partial charge in [-0.25, -0.2) is 0 Å². The summed E-state index contributed by atoms with van der Waals surface area (Å²) < 4.78 is 6.86. The van der Waals surface area contributed by atoms with Crippen LogP contribution in [0.5, 0.6) is 5.75 Å².